The second-order valence-corrected chi connectivity index (χ2v) is 4.08. The van der Waals surface area contributed by atoms with Crippen LogP contribution >= 0.6 is 11.8 Å². The molecule has 1 rings (SSSR count). The number of hydrogen-bond acceptors (Lipinski definition) is 4. The van der Waals surface area contributed by atoms with Gasteiger partial charge in [0.25, 0.3) is 0 Å². The summed E-state index contributed by atoms with van der Waals surface area (Å²) in [7, 11) is 0. The molecule has 1 unspecified atom stereocenters. The summed E-state index contributed by atoms with van der Waals surface area (Å²) in [6.45, 7) is 4.22. The molecule has 0 amide bonds. The third-order valence-electron chi connectivity index (χ3n) is 1.76. The van der Waals surface area contributed by atoms with Gasteiger partial charge in [-0.05, 0) is 13.8 Å². The number of thioether (sulfide) groups is 1. The van der Waals surface area contributed by atoms with E-state index in [-0.39, 0.29) is 16.8 Å². The minimum Gasteiger partial charge on any atom is -0.387 e. The van der Waals surface area contributed by atoms with E-state index in [1.54, 1.807) is 6.92 Å². The van der Waals surface area contributed by atoms with Gasteiger partial charge in [-0.3, -0.25) is 9.98 Å². The van der Waals surface area contributed by atoms with Crippen LogP contribution in [0.1, 0.15) is 13.8 Å². The Bertz CT molecular complexity index is 382. The summed E-state index contributed by atoms with van der Waals surface area (Å²) >= 11 is 1.29. The van der Waals surface area contributed by atoms with Crippen molar-refractivity contribution in [1.82, 2.24) is 14.8 Å². The Balaban J connectivity index is 2.86. The summed E-state index contributed by atoms with van der Waals surface area (Å²) in [5.74, 6) is 0.0769. The van der Waals surface area contributed by atoms with Crippen LogP contribution in [0.15, 0.2) is 9.95 Å². The van der Waals surface area contributed by atoms with E-state index in [9.17, 15) is 4.79 Å². The zero-order valence-electron chi connectivity index (χ0n) is 8.07. The van der Waals surface area contributed by atoms with Crippen molar-refractivity contribution in [3.05, 3.63) is 10.5 Å². The number of nitrogens with one attached hydrogen (secondary N) is 2. The maximum atomic E-state index is 11.2. The zero-order valence-corrected chi connectivity index (χ0v) is 8.89. The number of nitrogens with two attached hydrogens (primary N) is 1. The summed E-state index contributed by atoms with van der Waals surface area (Å²) in [5.41, 5.74) is 5.09. The molecular formula is C7H13N5OS. The first kappa shape index (κ1) is 10.8. The molecule has 0 spiro atoms. The fourth-order valence-corrected chi connectivity index (χ4v) is 1.77. The fraction of sp³-hybridized carbons (Fsp3) is 0.571. The van der Waals surface area contributed by atoms with E-state index in [0.29, 0.717) is 11.7 Å². The van der Waals surface area contributed by atoms with E-state index in [1.165, 1.54) is 16.3 Å². The molecule has 1 heterocycles. The lowest BCUT2D eigenvalue weighted by molar-refractivity contribution is 0.660. The van der Waals surface area contributed by atoms with Gasteiger partial charge in [0.1, 0.15) is 5.84 Å². The Kier molecular flexibility index (Phi) is 3.34. The van der Waals surface area contributed by atoms with Gasteiger partial charge in [0.2, 0.25) is 0 Å². The van der Waals surface area contributed by atoms with Crippen molar-refractivity contribution in [3.63, 3.8) is 0 Å². The van der Waals surface area contributed by atoms with Crippen LogP contribution in [-0.4, -0.2) is 25.9 Å². The predicted molar refractivity (Wildman–Crippen MR) is 55.8 cm³/mol. The highest BCUT2D eigenvalue weighted by molar-refractivity contribution is 8.00. The third-order valence-corrected chi connectivity index (χ3v) is 2.89. The van der Waals surface area contributed by atoms with Gasteiger partial charge < -0.3 is 5.73 Å². The van der Waals surface area contributed by atoms with E-state index in [1.807, 2.05) is 6.92 Å². The van der Waals surface area contributed by atoms with E-state index in [0.717, 1.165) is 0 Å². The number of amidine groups is 1. The molecule has 14 heavy (non-hydrogen) atoms. The molecule has 1 aromatic heterocycles. The van der Waals surface area contributed by atoms with Crippen molar-refractivity contribution in [3.8, 4) is 0 Å². The van der Waals surface area contributed by atoms with Crippen molar-refractivity contribution < 1.29 is 0 Å². The van der Waals surface area contributed by atoms with Crippen molar-refractivity contribution in [1.29, 1.82) is 5.41 Å². The van der Waals surface area contributed by atoms with Crippen LogP contribution in [-0.2, 0) is 6.54 Å². The van der Waals surface area contributed by atoms with Crippen LogP contribution < -0.4 is 11.4 Å². The molecule has 0 fully saturated rings. The van der Waals surface area contributed by atoms with Gasteiger partial charge in [-0.2, -0.15) is 0 Å². The lowest BCUT2D eigenvalue weighted by Crippen LogP contribution is -2.23. The number of hydrogen-bond donors (Lipinski definition) is 3. The third kappa shape index (κ3) is 2.16. The summed E-state index contributed by atoms with van der Waals surface area (Å²) in [6, 6.07) is 0. The monoisotopic (exact) mass is 215 g/mol. The van der Waals surface area contributed by atoms with E-state index in [2.05, 4.69) is 10.2 Å². The van der Waals surface area contributed by atoms with Crippen LogP contribution in [0.3, 0.4) is 0 Å². The first-order valence-corrected chi connectivity index (χ1v) is 5.10. The minimum atomic E-state index is -0.231. The van der Waals surface area contributed by atoms with Crippen LogP contribution in [0, 0.1) is 5.41 Å². The molecule has 0 saturated carbocycles. The first-order chi connectivity index (χ1) is 6.56. The summed E-state index contributed by atoms with van der Waals surface area (Å²) in [4.78, 5) is 11.2. The SMILES string of the molecule is CCn1c(SC(C)C(=N)N)n[nH]c1=O. The van der Waals surface area contributed by atoms with Crippen molar-refractivity contribution in [2.24, 2.45) is 5.73 Å². The minimum absolute atomic E-state index is 0.0769. The molecule has 7 heteroatoms. The largest absolute Gasteiger partial charge is 0.387 e. The molecule has 0 aliphatic rings. The van der Waals surface area contributed by atoms with Crippen LogP contribution in [0.4, 0.5) is 0 Å². The maximum Gasteiger partial charge on any atom is 0.343 e. The number of aromatic amines is 1. The predicted octanol–water partition coefficient (Wildman–Crippen LogP) is 0.00787. The Morgan fingerprint density at radius 1 is 1.86 bits per heavy atom. The quantitative estimate of drug-likeness (QED) is 0.374. The van der Waals surface area contributed by atoms with E-state index >= 15 is 0 Å². The van der Waals surface area contributed by atoms with Crippen LogP contribution in [0.5, 0.6) is 0 Å². The Hall–Kier alpha value is -1.24. The number of aromatic nitrogens is 3. The highest BCUT2D eigenvalue weighted by atomic mass is 32.2. The second-order valence-electron chi connectivity index (χ2n) is 2.77. The van der Waals surface area contributed by atoms with Gasteiger partial charge in [-0.15, -0.1) is 5.10 Å². The summed E-state index contributed by atoms with van der Waals surface area (Å²) in [6.07, 6.45) is 0. The Labute approximate surface area is 85.4 Å². The van der Waals surface area contributed by atoms with E-state index in [4.69, 9.17) is 11.1 Å². The number of H-pyrrole nitrogens is 1. The smallest absolute Gasteiger partial charge is 0.343 e. The molecule has 78 valence electrons. The Morgan fingerprint density at radius 2 is 2.50 bits per heavy atom. The molecule has 0 saturated heterocycles. The Morgan fingerprint density at radius 3 is 3.00 bits per heavy atom. The molecule has 0 aliphatic heterocycles. The molecule has 0 bridgehead atoms. The van der Waals surface area contributed by atoms with Gasteiger partial charge in [0.05, 0.1) is 5.25 Å². The lowest BCUT2D eigenvalue weighted by atomic mass is 10.4. The molecule has 1 aromatic rings. The van der Waals surface area contributed by atoms with Crippen LogP contribution in [0.25, 0.3) is 0 Å². The molecular weight excluding hydrogens is 202 g/mol. The first-order valence-electron chi connectivity index (χ1n) is 4.22. The fourth-order valence-electron chi connectivity index (χ4n) is 0.894. The van der Waals surface area contributed by atoms with Gasteiger partial charge >= 0.3 is 5.69 Å². The number of rotatable bonds is 4. The molecule has 6 nitrogen and oxygen atoms in total. The highest BCUT2D eigenvalue weighted by Gasteiger charge is 2.13. The van der Waals surface area contributed by atoms with Gasteiger partial charge in [-0.25, -0.2) is 9.89 Å². The van der Waals surface area contributed by atoms with Crippen LogP contribution in [0.2, 0.25) is 0 Å². The average molecular weight is 215 g/mol. The maximum absolute atomic E-state index is 11.2. The average Bonchev–Trinajstić information content (AvgIpc) is 2.46. The van der Waals surface area contributed by atoms with E-state index < -0.39 is 0 Å². The summed E-state index contributed by atoms with van der Waals surface area (Å²) < 4.78 is 1.50. The molecule has 4 N–H and O–H groups in total. The van der Waals surface area contributed by atoms with Crippen molar-refractivity contribution in [2.45, 2.75) is 30.8 Å². The summed E-state index contributed by atoms with van der Waals surface area (Å²) in [5, 5.41) is 13.8. The van der Waals surface area contributed by atoms with Gasteiger partial charge in [-0.1, -0.05) is 11.8 Å². The van der Waals surface area contributed by atoms with Gasteiger partial charge in [0, 0.05) is 6.54 Å². The van der Waals surface area contributed by atoms with Gasteiger partial charge in [0.15, 0.2) is 5.16 Å². The standard InChI is InChI=1S/C7H13N5OS/c1-3-12-6(13)10-11-7(12)14-4(2)5(8)9/h4H,3H2,1-2H3,(H3,8,9)(H,10,13). The normalized spacial score (nSPS) is 12.7. The van der Waals surface area contributed by atoms with Crippen molar-refractivity contribution in [2.75, 3.05) is 0 Å². The second kappa shape index (κ2) is 4.32. The van der Waals surface area contributed by atoms with Crippen molar-refractivity contribution >= 4 is 17.6 Å². The topological polar surface area (TPSA) is 101 Å². The zero-order chi connectivity index (χ0) is 10.7. The number of nitrogens with zero attached hydrogens (tertiary/aromatic N) is 2. The highest BCUT2D eigenvalue weighted by Crippen LogP contribution is 2.18. The lowest BCUT2D eigenvalue weighted by Gasteiger charge is -2.07. The molecule has 0 aliphatic carbocycles. The molecule has 1 atom stereocenters. The molecule has 0 radical (unpaired) electrons. The molecule has 0 aromatic carbocycles.